The summed E-state index contributed by atoms with van der Waals surface area (Å²) >= 11 is 0. The minimum atomic E-state index is -0.845. The van der Waals surface area contributed by atoms with Gasteiger partial charge in [-0.3, -0.25) is 5.10 Å². The van der Waals surface area contributed by atoms with E-state index in [1.165, 1.54) is 7.11 Å². The molecule has 7 heteroatoms. The molecule has 1 heterocycles. The number of hydrogen-bond acceptors (Lipinski definition) is 5. The number of aryl methyl sites for hydroxylation is 1. The Balaban J connectivity index is 1.67. The third-order valence-electron chi connectivity index (χ3n) is 4.24. The van der Waals surface area contributed by atoms with E-state index in [4.69, 9.17) is 9.47 Å². The van der Waals surface area contributed by atoms with E-state index in [0.29, 0.717) is 0 Å². The average Bonchev–Trinajstić information content (AvgIpc) is 3.15. The van der Waals surface area contributed by atoms with Crippen LogP contribution in [0.3, 0.4) is 0 Å². The molecule has 1 amide bonds. The van der Waals surface area contributed by atoms with Crippen molar-refractivity contribution in [3.63, 3.8) is 0 Å². The average molecular weight is 367 g/mol. The lowest BCUT2D eigenvalue weighted by atomic mass is 10.0. The van der Waals surface area contributed by atoms with Crippen LogP contribution in [-0.4, -0.2) is 35.4 Å². The predicted molar refractivity (Wildman–Crippen MR) is 100 cm³/mol. The van der Waals surface area contributed by atoms with E-state index in [1.54, 1.807) is 6.20 Å². The Morgan fingerprint density at radius 1 is 1.19 bits per heavy atom. The number of carbonyl (C=O) groups excluding carboxylic acids is 2. The largest absolute Gasteiger partial charge is 0.467 e. The highest BCUT2D eigenvalue weighted by Gasteiger charge is 2.23. The molecule has 0 spiro atoms. The lowest BCUT2D eigenvalue weighted by Crippen LogP contribution is -2.43. The minimum Gasteiger partial charge on any atom is -0.467 e. The number of H-pyrrole nitrogens is 1. The topological polar surface area (TPSA) is 93.3 Å². The van der Waals surface area contributed by atoms with Crippen LogP contribution in [0.15, 0.2) is 48.7 Å². The number of nitrogens with one attached hydrogen (secondary N) is 2. The van der Waals surface area contributed by atoms with Crippen LogP contribution in [0.2, 0.25) is 0 Å². The third-order valence-corrected chi connectivity index (χ3v) is 4.24. The first-order valence-corrected chi connectivity index (χ1v) is 8.54. The summed E-state index contributed by atoms with van der Waals surface area (Å²) in [5.74, 6) is -0.531. The maximum atomic E-state index is 12.1. The molecule has 0 aliphatic heterocycles. The number of amides is 1. The van der Waals surface area contributed by atoms with Gasteiger partial charge in [-0.05, 0) is 29.7 Å². The fourth-order valence-corrected chi connectivity index (χ4v) is 2.91. The van der Waals surface area contributed by atoms with E-state index >= 15 is 0 Å². The molecule has 0 aliphatic rings. The van der Waals surface area contributed by atoms with E-state index in [9.17, 15) is 9.59 Å². The van der Waals surface area contributed by atoms with Gasteiger partial charge in [0.15, 0.2) is 0 Å². The molecule has 1 unspecified atom stereocenters. The zero-order valence-corrected chi connectivity index (χ0v) is 15.2. The van der Waals surface area contributed by atoms with Crippen molar-refractivity contribution in [3.05, 3.63) is 65.4 Å². The number of fused-ring (bicyclic) bond motifs is 1. The molecule has 0 fully saturated rings. The van der Waals surface area contributed by atoms with Crippen LogP contribution in [0, 0.1) is 6.92 Å². The van der Waals surface area contributed by atoms with Gasteiger partial charge in [0, 0.05) is 11.8 Å². The summed E-state index contributed by atoms with van der Waals surface area (Å²) in [6.07, 6.45) is 1.34. The molecular weight excluding hydrogens is 346 g/mol. The second-order valence-electron chi connectivity index (χ2n) is 6.23. The molecule has 0 saturated heterocycles. The fourth-order valence-electron chi connectivity index (χ4n) is 2.91. The Hall–Kier alpha value is -3.35. The number of hydrogen-bond donors (Lipinski definition) is 2. The molecule has 0 aliphatic carbocycles. The molecule has 140 valence electrons. The van der Waals surface area contributed by atoms with Crippen LogP contribution in [0.1, 0.15) is 16.7 Å². The molecule has 0 saturated carbocycles. The Morgan fingerprint density at radius 3 is 2.70 bits per heavy atom. The molecule has 7 nitrogen and oxygen atoms in total. The normalized spacial score (nSPS) is 11.8. The van der Waals surface area contributed by atoms with Crippen LogP contribution in [0.4, 0.5) is 4.79 Å². The molecule has 2 aromatic carbocycles. The lowest BCUT2D eigenvalue weighted by Gasteiger charge is -2.17. The van der Waals surface area contributed by atoms with Gasteiger partial charge in [-0.2, -0.15) is 5.10 Å². The number of aromatic amines is 1. The highest BCUT2D eigenvalue weighted by molar-refractivity contribution is 5.84. The van der Waals surface area contributed by atoms with Crippen LogP contribution in [0.25, 0.3) is 10.9 Å². The second kappa shape index (κ2) is 8.35. The maximum Gasteiger partial charge on any atom is 0.408 e. The van der Waals surface area contributed by atoms with Gasteiger partial charge < -0.3 is 14.8 Å². The number of carbonyl (C=O) groups is 2. The van der Waals surface area contributed by atoms with Crippen molar-refractivity contribution in [3.8, 4) is 0 Å². The fraction of sp³-hybridized carbons (Fsp3) is 0.250. The smallest absolute Gasteiger partial charge is 0.408 e. The van der Waals surface area contributed by atoms with Crippen LogP contribution >= 0.6 is 0 Å². The summed E-state index contributed by atoms with van der Waals surface area (Å²) in [6, 6.07) is 12.4. The third kappa shape index (κ3) is 4.63. The molecule has 0 radical (unpaired) electrons. The first-order valence-electron chi connectivity index (χ1n) is 8.54. The molecule has 3 aromatic rings. The summed E-state index contributed by atoms with van der Waals surface area (Å²) in [5.41, 5.74) is 3.71. The van der Waals surface area contributed by atoms with Crippen molar-refractivity contribution in [2.45, 2.75) is 26.0 Å². The van der Waals surface area contributed by atoms with E-state index < -0.39 is 18.1 Å². The number of nitrogens with zero attached hydrogens (tertiary/aromatic N) is 1. The summed E-state index contributed by atoms with van der Waals surface area (Å²) in [4.78, 5) is 24.2. The summed E-state index contributed by atoms with van der Waals surface area (Å²) in [7, 11) is 1.29. The highest BCUT2D eigenvalue weighted by Crippen LogP contribution is 2.19. The molecular formula is C20H21N3O4. The zero-order chi connectivity index (χ0) is 19.2. The quantitative estimate of drug-likeness (QED) is 0.654. The Labute approximate surface area is 156 Å². The Kier molecular flexibility index (Phi) is 5.71. The lowest BCUT2D eigenvalue weighted by molar-refractivity contribution is -0.143. The van der Waals surface area contributed by atoms with Gasteiger partial charge in [-0.15, -0.1) is 0 Å². The van der Waals surface area contributed by atoms with Crippen molar-refractivity contribution < 1.29 is 19.1 Å². The number of ether oxygens (including phenoxy) is 2. The van der Waals surface area contributed by atoms with Crippen LogP contribution in [-0.2, 0) is 27.3 Å². The predicted octanol–water partition coefficient (Wildman–Crippen LogP) is 2.88. The summed E-state index contributed by atoms with van der Waals surface area (Å²) in [5, 5.41) is 10.5. The second-order valence-corrected chi connectivity index (χ2v) is 6.23. The number of aromatic nitrogens is 2. The highest BCUT2D eigenvalue weighted by atomic mass is 16.6. The molecule has 1 atom stereocenters. The number of rotatable bonds is 6. The Morgan fingerprint density at radius 2 is 1.96 bits per heavy atom. The zero-order valence-electron chi connectivity index (χ0n) is 15.2. The van der Waals surface area contributed by atoms with Crippen molar-refractivity contribution in [1.82, 2.24) is 15.5 Å². The van der Waals surface area contributed by atoms with Crippen LogP contribution in [0.5, 0.6) is 0 Å². The number of methoxy groups -OCH3 is 1. The van der Waals surface area contributed by atoms with Gasteiger partial charge in [0.25, 0.3) is 0 Å². The van der Waals surface area contributed by atoms with Crippen molar-refractivity contribution in [2.24, 2.45) is 0 Å². The summed E-state index contributed by atoms with van der Waals surface area (Å²) < 4.78 is 10.0. The van der Waals surface area contributed by atoms with Gasteiger partial charge in [-0.1, -0.05) is 36.4 Å². The monoisotopic (exact) mass is 367 g/mol. The van der Waals surface area contributed by atoms with Crippen molar-refractivity contribution in [1.29, 1.82) is 0 Å². The number of alkyl carbamates (subject to hydrolysis) is 1. The number of benzene rings is 2. The van der Waals surface area contributed by atoms with Gasteiger partial charge in [0.1, 0.15) is 12.6 Å². The summed E-state index contributed by atoms with van der Waals surface area (Å²) in [6.45, 7) is 2.08. The molecule has 1 aromatic heterocycles. The van der Waals surface area contributed by atoms with E-state index in [1.807, 2.05) is 49.4 Å². The van der Waals surface area contributed by atoms with Gasteiger partial charge >= 0.3 is 12.1 Å². The molecule has 27 heavy (non-hydrogen) atoms. The van der Waals surface area contributed by atoms with Gasteiger partial charge in [0.2, 0.25) is 0 Å². The molecule has 0 bridgehead atoms. The first kappa shape index (κ1) is 18.4. The SMILES string of the molecule is COC(=O)C(Cc1cc(C)c2[nH]ncc2c1)NC(=O)OCc1ccccc1. The van der Waals surface area contributed by atoms with E-state index in [-0.39, 0.29) is 13.0 Å². The first-order chi connectivity index (χ1) is 13.1. The van der Waals surface area contributed by atoms with Gasteiger partial charge in [0.05, 0.1) is 18.8 Å². The molecule has 3 rings (SSSR count). The van der Waals surface area contributed by atoms with Gasteiger partial charge in [-0.25, -0.2) is 9.59 Å². The van der Waals surface area contributed by atoms with E-state index in [2.05, 4.69) is 15.5 Å². The maximum absolute atomic E-state index is 12.1. The number of esters is 1. The van der Waals surface area contributed by atoms with E-state index in [0.717, 1.165) is 27.6 Å². The van der Waals surface area contributed by atoms with Crippen molar-refractivity contribution >= 4 is 23.0 Å². The van der Waals surface area contributed by atoms with Crippen LogP contribution < -0.4 is 5.32 Å². The minimum absolute atomic E-state index is 0.126. The molecule has 2 N–H and O–H groups in total. The standard InChI is InChI=1S/C20H21N3O4/c1-13-8-15(9-16-11-21-23-18(13)16)10-17(19(24)26-2)22-20(25)27-12-14-6-4-3-5-7-14/h3-9,11,17H,10,12H2,1-2H3,(H,21,23)(H,22,25). The Bertz CT molecular complexity index is 937. The van der Waals surface area contributed by atoms with Crippen molar-refractivity contribution in [2.75, 3.05) is 7.11 Å².